The van der Waals surface area contributed by atoms with E-state index in [4.69, 9.17) is 0 Å². The monoisotopic (exact) mass is 301 g/mol. The highest BCUT2D eigenvalue weighted by atomic mass is 79.9. The first-order valence-corrected chi connectivity index (χ1v) is 6.58. The molecule has 1 unspecified atom stereocenters. The number of hydrogen-bond donors (Lipinski definition) is 3. The molecule has 3 nitrogen and oxygen atoms in total. The predicted octanol–water partition coefficient (Wildman–Crippen LogP) is 2.57. The summed E-state index contributed by atoms with van der Waals surface area (Å²) in [6.45, 7) is 6.91. The zero-order valence-electron chi connectivity index (χ0n) is 10.5. The van der Waals surface area contributed by atoms with Crippen molar-refractivity contribution in [3.8, 4) is 5.75 Å². The molecule has 0 aliphatic heterocycles. The molecular weight excluding hydrogens is 282 g/mol. The molecule has 1 atom stereocenters. The van der Waals surface area contributed by atoms with E-state index in [1.165, 1.54) is 0 Å². The molecule has 3 N–H and O–H groups in total. The summed E-state index contributed by atoms with van der Waals surface area (Å²) in [4.78, 5) is 0. The van der Waals surface area contributed by atoms with Crippen LogP contribution in [-0.4, -0.2) is 22.9 Å². The van der Waals surface area contributed by atoms with Gasteiger partial charge in [-0.15, -0.1) is 0 Å². The van der Waals surface area contributed by atoms with Crippen molar-refractivity contribution in [2.75, 3.05) is 6.54 Å². The molecule has 0 saturated heterocycles. The minimum atomic E-state index is -0.356. The van der Waals surface area contributed by atoms with E-state index in [0.717, 1.165) is 15.6 Å². The molecule has 4 heteroatoms. The Kier molecular flexibility index (Phi) is 5.43. The van der Waals surface area contributed by atoms with E-state index in [-0.39, 0.29) is 12.0 Å². The SMILES string of the molecule is Cc1cc(Br)cc(CNCC(O)C(C)C)c1O. The van der Waals surface area contributed by atoms with Crippen molar-refractivity contribution in [2.24, 2.45) is 5.92 Å². The first-order chi connectivity index (χ1) is 7.91. The van der Waals surface area contributed by atoms with Gasteiger partial charge in [-0.05, 0) is 30.5 Å². The van der Waals surface area contributed by atoms with E-state index >= 15 is 0 Å². The van der Waals surface area contributed by atoms with Gasteiger partial charge >= 0.3 is 0 Å². The van der Waals surface area contributed by atoms with Gasteiger partial charge in [0.2, 0.25) is 0 Å². The Morgan fingerprint density at radius 2 is 2.00 bits per heavy atom. The quantitative estimate of drug-likeness (QED) is 0.783. The number of halogens is 1. The van der Waals surface area contributed by atoms with E-state index in [9.17, 15) is 10.2 Å². The van der Waals surface area contributed by atoms with Gasteiger partial charge < -0.3 is 15.5 Å². The number of aryl methyl sites for hydroxylation is 1. The lowest BCUT2D eigenvalue weighted by Gasteiger charge is -2.16. The van der Waals surface area contributed by atoms with Crippen LogP contribution in [0.25, 0.3) is 0 Å². The Hall–Kier alpha value is -0.580. The molecule has 96 valence electrons. The van der Waals surface area contributed by atoms with Crippen LogP contribution in [0.4, 0.5) is 0 Å². The maximum Gasteiger partial charge on any atom is 0.123 e. The maximum absolute atomic E-state index is 9.87. The average Bonchev–Trinajstić information content (AvgIpc) is 2.24. The number of rotatable bonds is 5. The van der Waals surface area contributed by atoms with Gasteiger partial charge in [-0.25, -0.2) is 0 Å². The standard InChI is InChI=1S/C13H20BrNO2/c1-8(2)12(16)7-15-6-10-5-11(14)4-9(3)13(10)17/h4-5,8,12,15-17H,6-7H2,1-3H3. The Balaban J connectivity index is 2.58. The smallest absolute Gasteiger partial charge is 0.123 e. The van der Waals surface area contributed by atoms with Crippen LogP contribution >= 0.6 is 15.9 Å². The fourth-order valence-corrected chi connectivity index (χ4v) is 2.15. The molecule has 0 saturated carbocycles. The largest absolute Gasteiger partial charge is 0.507 e. The molecule has 0 heterocycles. The van der Waals surface area contributed by atoms with E-state index in [1.807, 2.05) is 32.9 Å². The second kappa shape index (κ2) is 6.38. The Labute approximate surface area is 111 Å². The zero-order chi connectivity index (χ0) is 13.0. The fourth-order valence-electron chi connectivity index (χ4n) is 1.53. The number of nitrogens with one attached hydrogen (secondary N) is 1. The number of aliphatic hydroxyl groups is 1. The number of phenols is 1. The third-order valence-electron chi connectivity index (χ3n) is 2.78. The zero-order valence-corrected chi connectivity index (χ0v) is 12.1. The van der Waals surface area contributed by atoms with Crippen LogP contribution in [0.3, 0.4) is 0 Å². The molecule has 1 aromatic carbocycles. The van der Waals surface area contributed by atoms with Gasteiger partial charge in [0.05, 0.1) is 6.10 Å². The molecule has 0 radical (unpaired) electrons. The van der Waals surface area contributed by atoms with Crippen LogP contribution in [0.15, 0.2) is 16.6 Å². The van der Waals surface area contributed by atoms with Crippen molar-refractivity contribution < 1.29 is 10.2 Å². The minimum Gasteiger partial charge on any atom is -0.507 e. The van der Waals surface area contributed by atoms with Gasteiger partial charge in [-0.2, -0.15) is 0 Å². The van der Waals surface area contributed by atoms with Gasteiger partial charge in [0.15, 0.2) is 0 Å². The number of phenolic OH excluding ortho intramolecular Hbond substituents is 1. The molecule has 0 aliphatic rings. The van der Waals surface area contributed by atoms with Crippen molar-refractivity contribution in [2.45, 2.75) is 33.4 Å². The molecule has 0 aromatic heterocycles. The summed E-state index contributed by atoms with van der Waals surface area (Å²) in [5, 5.41) is 22.7. The summed E-state index contributed by atoms with van der Waals surface area (Å²) in [5.41, 5.74) is 1.69. The summed E-state index contributed by atoms with van der Waals surface area (Å²) >= 11 is 3.40. The Morgan fingerprint density at radius 3 is 2.59 bits per heavy atom. The molecular formula is C13H20BrNO2. The number of benzene rings is 1. The second-order valence-corrected chi connectivity index (χ2v) is 5.59. The molecule has 1 rings (SSSR count). The highest BCUT2D eigenvalue weighted by Crippen LogP contribution is 2.26. The van der Waals surface area contributed by atoms with Gasteiger partial charge in [0.1, 0.15) is 5.75 Å². The van der Waals surface area contributed by atoms with Crippen molar-refractivity contribution in [1.82, 2.24) is 5.32 Å². The van der Waals surface area contributed by atoms with Gasteiger partial charge in [-0.3, -0.25) is 0 Å². The molecule has 0 fully saturated rings. The lowest BCUT2D eigenvalue weighted by atomic mass is 10.1. The van der Waals surface area contributed by atoms with E-state index in [0.29, 0.717) is 18.8 Å². The van der Waals surface area contributed by atoms with E-state index in [1.54, 1.807) is 0 Å². The normalized spacial score (nSPS) is 13.1. The molecule has 0 amide bonds. The molecule has 0 aliphatic carbocycles. The highest BCUT2D eigenvalue weighted by molar-refractivity contribution is 9.10. The first-order valence-electron chi connectivity index (χ1n) is 5.78. The Bertz CT molecular complexity index is 380. The third-order valence-corrected chi connectivity index (χ3v) is 3.24. The van der Waals surface area contributed by atoms with Crippen LogP contribution in [-0.2, 0) is 6.54 Å². The fraction of sp³-hybridized carbons (Fsp3) is 0.538. The lowest BCUT2D eigenvalue weighted by Crippen LogP contribution is -2.30. The van der Waals surface area contributed by atoms with Crippen molar-refractivity contribution >= 4 is 15.9 Å². The average molecular weight is 302 g/mol. The summed E-state index contributed by atoms with van der Waals surface area (Å²) in [7, 11) is 0. The number of aromatic hydroxyl groups is 1. The van der Waals surface area contributed by atoms with Crippen molar-refractivity contribution in [1.29, 1.82) is 0 Å². The van der Waals surface area contributed by atoms with Gasteiger partial charge in [-0.1, -0.05) is 29.8 Å². The maximum atomic E-state index is 9.87. The molecule has 1 aromatic rings. The van der Waals surface area contributed by atoms with Crippen molar-refractivity contribution in [3.05, 3.63) is 27.7 Å². The van der Waals surface area contributed by atoms with Gasteiger partial charge in [0, 0.05) is 23.1 Å². The molecule has 17 heavy (non-hydrogen) atoms. The molecule has 0 spiro atoms. The lowest BCUT2D eigenvalue weighted by molar-refractivity contribution is 0.123. The van der Waals surface area contributed by atoms with Crippen molar-refractivity contribution in [3.63, 3.8) is 0 Å². The van der Waals surface area contributed by atoms with Crippen LogP contribution in [0, 0.1) is 12.8 Å². The van der Waals surface area contributed by atoms with E-state index < -0.39 is 0 Å². The first kappa shape index (κ1) is 14.5. The number of aliphatic hydroxyl groups excluding tert-OH is 1. The highest BCUT2D eigenvalue weighted by Gasteiger charge is 2.10. The predicted molar refractivity (Wildman–Crippen MR) is 73.1 cm³/mol. The summed E-state index contributed by atoms with van der Waals surface area (Å²) in [5.74, 6) is 0.556. The topological polar surface area (TPSA) is 52.5 Å². The van der Waals surface area contributed by atoms with Crippen LogP contribution in [0.2, 0.25) is 0 Å². The summed E-state index contributed by atoms with van der Waals surface area (Å²) in [6, 6.07) is 3.76. The third kappa shape index (κ3) is 4.30. The molecule has 0 bridgehead atoms. The summed E-state index contributed by atoms with van der Waals surface area (Å²) < 4.78 is 0.953. The Morgan fingerprint density at radius 1 is 1.35 bits per heavy atom. The van der Waals surface area contributed by atoms with Crippen LogP contribution < -0.4 is 5.32 Å². The summed E-state index contributed by atoms with van der Waals surface area (Å²) in [6.07, 6.45) is -0.356. The second-order valence-electron chi connectivity index (χ2n) is 4.67. The van der Waals surface area contributed by atoms with Gasteiger partial charge in [0.25, 0.3) is 0 Å². The van der Waals surface area contributed by atoms with E-state index in [2.05, 4.69) is 21.2 Å². The number of hydrogen-bond acceptors (Lipinski definition) is 3. The minimum absolute atomic E-state index is 0.236. The van der Waals surface area contributed by atoms with Crippen LogP contribution in [0.5, 0.6) is 5.75 Å². The van der Waals surface area contributed by atoms with Crippen LogP contribution in [0.1, 0.15) is 25.0 Å².